The lowest BCUT2D eigenvalue weighted by Gasteiger charge is -2.30. The van der Waals surface area contributed by atoms with E-state index in [-0.39, 0.29) is 0 Å². The van der Waals surface area contributed by atoms with Crippen LogP contribution in [0.4, 0.5) is 0 Å². The van der Waals surface area contributed by atoms with Crippen molar-refractivity contribution in [1.29, 1.82) is 0 Å². The summed E-state index contributed by atoms with van der Waals surface area (Å²) < 4.78 is 5.42. The zero-order valence-corrected chi connectivity index (χ0v) is 13.6. The van der Waals surface area contributed by atoms with Crippen LogP contribution < -0.4 is 10.1 Å². The quantitative estimate of drug-likeness (QED) is 0.901. The van der Waals surface area contributed by atoms with Gasteiger partial charge in [0.05, 0.1) is 7.11 Å². The van der Waals surface area contributed by atoms with Gasteiger partial charge in [-0.15, -0.1) is 0 Å². The van der Waals surface area contributed by atoms with E-state index in [2.05, 4.69) is 42.3 Å². The zero-order chi connectivity index (χ0) is 14.8. The third-order valence-corrected chi connectivity index (χ3v) is 5.29. The van der Waals surface area contributed by atoms with Gasteiger partial charge in [0.2, 0.25) is 0 Å². The Labute approximate surface area is 128 Å². The highest BCUT2D eigenvalue weighted by molar-refractivity contribution is 5.43. The van der Waals surface area contributed by atoms with Gasteiger partial charge >= 0.3 is 0 Å². The average molecular weight is 288 g/mol. The van der Waals surface area contributed by atoms with Crippen LogP contribution in [-0.4, -0.2) is 37.7 Å². The maximum absolute atomic E-state index is 5.42. The Morgan fingerprint density at radius 3 is 2.86 bits per heavy atom. The van der Waals surface area contributed by atoms with Crippen molar-refractivity contribution >= 4 is 0 Å². The van der Waals surface area contributed by atoms with Crippen LogP contribution in [0, 0.1) is 5.92 Å². The monoisotopic (exact) mass is 288 g/mol. The molecule has 0 amide bonds. The molecule has 0 spiro atoms. The Hall–Kier alpha value is -1.06. The van der Waals surface area contributed by atoms with Crippen LogP contribution in [0.15, 0.2) is 18.2 Å². The summed E-state index contributed by atoms with van der Waals surface area (Å²) >= 11 is 0. The van der Waals surface area contributed by atoms with Crippen molar-refractivity contribution in [3.8, 4) is 5.75 Å². The number of fused-ring (bicyclic) bond motifs is 1. The molecule has 1 fully saturated rings. The Morgan fingerprint density at radius 1 is 1.33 bits per heavy atom. The predicted molar refractivity (Wildman–Crippen MR) is 86.9 cm³/mol. The van der Waals surface area contributed by atoms with Gasteiger partial charge in [-0.25, -0.2) is 0 Å². The molecule has 3 rings (SSSR count). The number of rotatable bonds is 5. The van der Waals surface area contributed by atoms with E-state index >= 15 is 0 Å². The van der Waals surface area contributed by atoms with Crippen LogP contribution in [0.1, 0.15) is 43.9 Å². The van der Waals surface area contributed by atoms with Gasteiger partial charge in [0.1, 0.15) is 5.75 Å². The number of methoxy groups -OCH3 is 1. The second kappa shape index (κ2) is 6.37. The van der Waals surface area contributed by atoms with Crippen molar-refractivity contribution in [2.45, 2.75) is 45.2 Å². The molecule has 21 heavy (non-hydrogen) atoms. The Bertz CT molecular complexity index is 488. The lowest BCUT2D eigenvalue weighted by Crippen LogP contribution is -2.41. The number of hydrogen-bond donors (Lipinski definition) is 1. The Morgan fingerprint density at radius 2 is 2.19 bits per heavy atom. The number of ether oxygens (including phenoxy) is 1. The van der Waals surface area contributed by atoms with Crippen molar-refractivity contribution < 1.29 is 4.74 Å². The van der Waals surface area contributed by atoms with Crippen LogP contribution in [-0.2, 0) is 6.42 Å². The first-order chi connectivity index (χ1) is 10.3. The summed E-state index contributed by atoms with van der Waals surface area (Å²) in [6.45, 7) is 8.07. The number of likely N-dealkylation sites (N-methyl/N-ethyl adjacent to an activating group) is 1. The molecule has 3 nitrogen and oxygen atoms in total. The molecule has 0 radical (unpaired) electrons. The van der Waals surface area contributed by atoms with Crippen molar-refractivity contribution in [3.05, 3.63) is 29.3 Å². The van der Waals surface area contributed by atoms with E-state index in [1.807, 2.05) is 0 Å². The van der Waals surface area contributed by atoms with Crippen molar-refractivity contribution in [2.75, 3.05) is 26.7 Å². The minimum absolute atomic E-state index is 0.454. The molecule has 1 heterocycles. The predicted octanol–water partition coefficient (Wildman–Crippen LogP) is 3.00. The molecule has 0 aromatic heterocycles. The fourth-order valence-corrected chi connectivity index (χ4v) is 4.03. The molecule has 3 atom stereocenters. The minimum Gasteiger partial charge on any atom is -0.497 e. The van der Waals surface area contributed by atoms with E-state index in [0.29, 0.717) is 12.1 Å². The first-order valence-corrected chi connectivity index (χ1v) is 8.41. The zero-order valence-electron chi connectivity index (χ0n) is 13.6. The molecule has 1 aliphatic carbocycles. The molecule has 2 aliphatic rings. The van der Waals surface area contributed by atoms with E-state index in [1.165, 1.54) is 43.5 Å². The van der Waals surface area contributed by atoms with Gasteiger partial charge in [0.25, 0.3) is 0 Å². The highest BCUT2D eigenvalue weighted by atomic mass is 16.5. The maximum Gasteiger partial charge on any atom is 0.119 e. The summed E-state index contributed by atoms with van der Waals surface area (Å²) in [5.74, 6) is 1.87. The molecule has 116 valence electrons. The van der Waals surface area contributed by atoms with E-state index in [0.717, 1.165) is 18.2 Å². The SMILES string of the molecule is CCNC1c2cc(OC)ccc2CC1N1CCC(CC)C1. The van der Waals surface area contributed by atoms with E-state index in [4.69, 9.17) is 4.74 Å². The largest absolute Gasteiger partial charge is 0.497 e. The Kier molecular flexibility index (Phi) is 4.51. The molecule has 1 saturated heterocycles. The summed E-state index contributed by atoms with van der Waals surface area (Å²) in [6, 6.07) is 7.66. The molecular formula is C18H28N2O. The van der Waals surface area contributed by atoms with Crippen LogP contribution in [0.2, 0.25) is 0 Å². The van der Waals surface area contributed by atoms with Crippen LogP contribution in [0.25, 0.3) is 0 Å². The maximum atomic E-state index is 5.42. The lowest BCUT2D eigenvalue weighted by atomic mass is 10.1. The Balaban J connectivity index is 1.83. The molecular weight excluding hydrogens is 260 g/mol. The molecule has 3 unspecified atom stereocenters. The average Bonchev–Trinajstić information content (AvgIpc) is 3.12. The van der Waals surface area contributed by atoms with Gasteiger partial charge in [-0.2, -0.15) is 0 Å². The standard InChI is InChI=1S/C18H28N2O/c1-4-13-8-9-20(12-13)17-10-14-6-7-15(21-3)11-16(14)18(17)19-5-2/h6-7,11,13,17-19H,4-5,8-10,12H2,1-3H3. The van der Waals surface area contributed by atoms with Gasteiger partial charge in [0, 0.05) is 18.6 Å². The second-order valence-corrected chi connectivity index (χ2v) is 6.43. The molecule has 1 aromatic rings. The van der Waals surface area contributed by atoms with E-state index < -0.39 is 0 Å². The molecule has 3 heteroatoms. The summed E-state index contributed by atoms with van der Waals surface area (Å²) in [4.78, 5) is 2.72. The van der Waals surface area contributed by atoms with Crippen LogP contribution in [0.3, 0.4) is 0 Å². The normalized spacial score (nSPS) is 28.8. The number of benzene rings is 1. The lowest BCUT2D eigenvalue weighted by molar-refractivity contribution is 0.197. The highest BCUT2D eigenvalue weighted by Gasteiger charge is 2.38. The van der Waals surface area contributed by atoms with Crippen LogP contribution in [0.5, 0.6) is 5.75 Å². The fraction of sp³-hybridized carbons (Fsp3) is 0.667. The van der Waals surface area contributed by atoms with Gasteiger partial charge in [-0.1, -0.05) is 26.3 Å². The van der Waals surface area contributed by atoms with Gasteiger partial charge in [-0.05, 0) is 55.1 Å². The molecule has 0 saturated carbocycles. The number of likely N-dealkylation sites (tertiary alicyclic amines) is 1. The highest BCUT2D eigenvalue weighted by Crippen LogP contribution is 2.38. The summed E-state index contributed by atoms with van der Waals surface area (Å²) in [6.07, 6.45) is 3.86. The van der Waals surface area contributed by atoms with Crippen molar-refractivity contribution in [2.24, 2.45) is 5.92 Å². The first-order valence-electron chi connectivity index (χ1n) is 8.41. The van der Waals surface area contributed by atoms with Crippen molar-refractivity contribution in [3.63, 3.8) is 0 Å². The second-order valence-electron chi connectivity index (χ2n) is 6.43. The summed E-state index contributed by atoms with van der Waals surface area (Å²) in [5, 5.41) is 3.71. The number of nitrogens with zero attached hydrogens (tertiary/aromatic N) is 1. The first kappa shape index (κ1) is 14.9. The van der Waals surface area contributed by atoms with Gasteiger partial charge < -0.3 is 10.1 Å². The van der Waals surface area contributed by atoms with Crippen LogP contribution >= 0.6 is 0 Å². The third-order valence-electron chi connectivity index (χ3n) is 5.29. The molecule has 1 aromatic carbocycles. The smallest absolute Gasteiger partial charge is 0.119 e. The molecule has 0 bridgehead atoms. The van der Waals surface area contributed by atoms with E-state index in [9.17, 15) is 0 Å². The number of hydrogen-bond acceptors (Lipinski definition) is 3. The minimum atomic E-state index is 0.454. The number of nitrogens with one attached hydrogen (secondary N) is 1. The topological polar surface area (TPSA) is 24.5 Å². The molecule has 1 aliphatic heterocycles. The molecule has 1 N–H and O–H groups in total. The summed E-state index contributed by atoms with van der Waals surface area (Å²) in [5.41, 5.74) is 2.94. The van der Waals surface area contributed by atoms with Gasteiger partial charge in [-0.3, -0.25) is 4.90 Å². The van der Waals surface area contributed by atoms with E-state index in [1.54, 1.807) is 7.11 Å². The fourth-order valence-electron chi connectivity index (χ4n) is 4.03. The third kappa shape index (κ3) is 2.82. The van der Waals surface area contributed by atoms with Gasteiger partial charge in [0.15, 0.2) is 0 Å². The summed E-state index contributed by atoms with van der Waals surface area (Å²) in [7, 11) is 1.75. The van der Waals surface area contributed by atoms with Crippen molar-refractivity contribution in [1.82, 2.24) is 10.2 Å².